The van der Waals surface area contributed by atoms with E-state index in [0.717, 1.165) is 12.3 Å². The second kappa shape index (κ2) is 4.45. The minimum atomic E-state index is 0.724. The zero-order chi connectivity index (χ0) is 10.5. The summed E-state index contributed by atoms with van der Waals surface area (Å²) in [7, 11) is 1.66. The zero-order valence-corrected chi connectivity index (χ0v) is 8.42. The van der Waals surface area contributed by atoms with Gasteiger partial charge in [-0.3, -0.25) is 0 Å². The Hall–Kier alpha value is -2.04. The predicted octanol–water partition coefficient (Wildman–Crippen LogP) is 1.03. The van der Waals surface area contributed by atoms with Gasteiger partial charge < -0.3 is 10.2 Å². The van der Waals surface area contributed by atoms with Gasteiger partial charge in [0, 0.05) is 0 Å². The molecule has 0 saturated heterocycles. The second-order valence-corrected chi connectivity index (χ2v) is 3.05. The van der Waals surface area contributed by atoms with Crippen molar-refractivity contribution in [3.05, 3.63) is 42.5 Å². The first-order chi connectivity index (χ1) is 7.38. The zero-order valence-electron chi connectivity index (χ0n) is 8.42. The molecule has 0 atom stereocenters. The molecular formula is C10H12N4O. The fourth-order valence-corrected chi connectivity index (χ4v) is 1.21. The van der Waals surface area contributed by atoms with Gasteiger partial charge in [-0.05, 0) is 17.7 Å². The van der Waals surface area contributed by atoms with Crippen LogP contribution in [0.5, 0.6) is 5.75 Å². The average Bonchev–Trinajstić information content (AvgIpc) is 2.80. The van der Waals surface area contributed by atoms with E-state index in [1.54, 1.807) is 24.4 Å². The van der Waals surface area contributed by atoms with Gasteiger partial charge in [-0.2, -0.15) is 0 Å². The van der Waals surface area contributed by atoms with Crippen molar-refractivity contribution in [3.8, 4) is 5.75 Å². The number of hydrogen-bond donors (Lipinski definition) is 1. The molecule has 0 spiro atoms. The van der Waals surface area contributed by atoms with E-state index in [0.29, 0.717) is 0 Å². The van der Waals surface area contributed by atoms with Gasteiger partial charge in [-0.25, -0.2) is 4.68 Å². The maximum Gasteiger partial charge on any atom is 0.138 e. The highest BCUT2D eigenvalue weighted by Crippen LogP contribution is 2.10. The molecule has 2 rings (SSSR count). The standard InChI is InChI=1S/C10H12N4O/c1-15-10-4-2-9(3-5-10)6-13-14-7-11-12-8-14/h2-5,7-8,13H,6H2,1H3. The molecule has 0 unspecified atom stereocenters. The molecule has 0 radical (unpaired) electrons. The summed E-state index contributed by atoms with van der Waals surface area (Å²) in [5, 5.41) is 7.38. The summed E-state index contributed by atoms with van der Waals surface area (Å²) in [5.41, 5.74) is 4.30. The van der Waals surface area contributed by atoms with E-state index in [9.17, 15) is 0 Å². The fourth-order valence-electron chi connectivity index (χ4n) is 1.21. The van der Waals surface area contributed by atoms with Crippen LogP contribution in [0.15, 0.2) is 36.9 Å². The van der Waals surface area contributed by atoms with Gasteiger partial charge in [0.05, 0.1) is 13.7 Å². The third-order valence-electron chi connectivity index (χ3n) is 2.04. The molecule has 0 bridgehead atoms. The summed E-state index contributed by atoms with van der Waals surface area (Å²) < 4.78 is 6.79. The molecule has 0 aliphatic rings. The fraction of sp³-hybridized carbons (Fsp3) is 0.200. The van der Waals surface area contributed by atoms with Crippen LogP contribution in [0.4, 0.5) is 0 Å². The number of aromatic nitrogens is 3. The van der Waals surface area contributed by atoms with Crippen molar-refractivity contribution in [3.63, 3.8) is 0 Å². The van der Waals surface area contributed by atoms with E-state index in [2.05, 4.69) is 15.6 Å². The minimum absolute atomic E-state index is 0.724. The summed E-state index contributed by atoms with van der Waals surface area (Å²) in [5.74, 6) is 0.864. The molecule has 5 nitrogen and oxygen atoms in total. The quantitative estimate of drug-likeness (QED) is 0.808. The van der Waals surface area contributed by atoms with Gasteiger partial charge in [-0.15, -0.1) is 10.2 Å². The average molecular weight is 204 g/mol. The Morgan fingerprint density at radius 1 is 1.20 bits per heavy atom. The van der Waals surface area contributed by atoms with Crippen LogP contribution in [0.3, 0.4) is 0 Å². The monoisotopic (exact) mass is 204 g/mol. The summed E-state index contributed by atoms with van der Waals surface area (Å²) in [6.07, 6.45) is 3.23. The van der Waals surface area contributed by atoms with Crippen LogP contribution in [0.2, 0.25) is 0 Å². The van der Waals surface area contributed by atoms with Crippen LogP contribution in [0.1, 0.15) is 5.56 Å². The van der Waals surface area contributed by atoms with Gasteiger partial charge in [-0.1, -0.05) is 12.1 Å². The summed E-state index contributed by atoms with van der Waals surface area (Å²) in [6, 6.07) is 7.89. The predicted molar refractivity (Wildman–Crippen MR) is 56.1 cm³/mol. The van der Waals surface area contributed by atoms with E-state index in [1.807, 2.05) is 24.3 Å². The highest BCUT2D eigenvalue weighted by molar-refractivity contribution is 5.27. The maximum absolute atomic E-state index is 5.07. The number of benzene rings is 1. The topological polar surface area (TPSA) is 52.0 Å². The number of ether oxygens (including phenoxy) is 1. The van der Waals surface area contributed by atoms with Gasteiger partial charge in [0.25, 0.3) is 0 Å². The van der Waals surface area contributed by atoms with Crippen LogP contribution >= 0.6 is 0 Å². The molecule has 1 heterocycles. The van der Waals surface area contributed by atoms with Crippen molar-refractivity contribution in [2.24, 2.45) is 0 Å². The van der Waals surface area contributed by atoms with Crippen LogP contribution in [-0.4, -0.2) is 22.0 Å². The van der Waals surface area contributed by atoms with E-state index in [4.69, 9.17) is 4.74 Å². The third kappa shape index (κ3) is 2.46. The molecule has 78 valence electrons. The number of nitrogens with zero attached hydrogens (tertiary/aromatic N) is 3. The van der Waals surface area contributed by atoms with Gasteiger partial charge in [0.2, 0.25) is 0 Å². The molecule has 0 saturated carbocycles. The lowest BCUT2D eigenvalue weighted by atomic mass is 10.2. The molecule has 0 fully saturated rings. The largest absolute Gasteiger partial charge is 0.497 e. The Bertz CT molecular complexity index is 396. The minimum Gasteiger partial charge on any atom is -0.497 e. The number of nitrogens with one attached hydrogen (secondary N) is 1. The van der Waals surface area contributed by atoms with Crippen molar-refractivity contribution in [1.29, 1.82) is 0 Å². The first kappa shape index (κ1) is 9.51. The molecular weight excluding hydrogens is 192 g/mol. The molecule has 2 aromatic rings. The molecule has 1 aromatic carbocycles. The second-order valence-electron chi connectivity index (χ2n) is 3.05. The highest BCUT2D eigenvalue weighted by Gasteiger charge is 1.94. The summed E-state index contributed by atoms with van der Waals surface area (Å²) in [4.78, 5) is 0. The van der Waals surface area contributed by atoms with Gasteiger partial charge in [0.1, 0.15) is 18.4 Å². The Labute approximate surface area is 87.7 Å². The Balaban J connectivity index is 1.93. The maximum atomic E-state index is 5.07. The van der Waals surface area contributed by atoms with Crippen molar-refractivity contribution in [1.82, 2.24) is 14.9 Å². The lowest BCUT2D eigenvalue weighted by molar-refractivity contribution is 0.414. The van der Waals surface area contributed by atoms with Crippen molar-refractivity contribution in [2.75, 3.05) is 12.5 Å². The Morgan fingerprint density at radius 3 is 2.47 bits per heavy atom. The highest BCUT2D eigenvalue weighted by atomic mass is 16.5. The van der Waals surface area contributed by atoms with Gasteiger partial charge in [0.15, 0.2) is 0 Å². The Kier molecular flexibility index (Phi) is 2.82. The van der Waals surface area contributed by atoms with E-state index >= 15 is 0 Å². The van der Waals surface area contributed by atoms with E-state index in [1.165, 1.54) is 5.56 Å². The van der Waals surface area contributed by atoms with E-state index < -0.39 is 0 Å². The van der Waals surface area contributed by atoms with Crippen molar-refractivity contribution in [2.45, 2.75) is 6.54 Å². The van der Waals surface area contributed by atoms with Crippen molar-refractivity contribution >= 4 is 0 Å². The van der Waals surface area contributed by atoms with Crippen LogP contribution < -0.4 is 10.2 Å². The number of methoxy groups -OCH3 is 1. The molecule has 15 heavy (non-hydrogen) atoms. The third-order valence-corrected chi connectivity index (χ3v) is 2.04. The Morgan fingerprint density at radius 2 is 1.87 bits per heavy atom. The lowest BCUT2D eigenvalue weighted by Crippen LogP contribution is -2.11. The molecule has 1 N–H and O–H groups in total. The molecule has 0 amide bonds. The van der Waals surface area contributed by atoms with Gasteiger partial charge >= 0.3 is 0 Å². The first-order valence-electron chi connectivity index (χ1n) is 4.60. The number of rotatable bonds is 4. The summed E-state index contributed by atoms with van der Waals surface area (Å²) >= 11 is 0. The van der Waals surface area contributed by atoms with Crippen molar-refractivity contribution < 1.29 is 4.74 Å². The normalized spacial score (nSPS) is 9.93. The smallest absolute Gasteiger partial charge is 0.138 e. The number of hydrogen-bond acceptors (Lipinski definition) is 4. The van der Waals surface area contributed by atoms with Crippen LogP contribution in [0, 0.1) is 0 Å². The molecule has 1 aromatic heterocycles. The van der Waals surface area contributed by atoms with Crippen LogP contribution in [-0.2, 0) is 6.54 Å². The van der Waals surface area contributed by atoms with E-state index in [-0.39, 0.29) is 0 Å². The summed E-state index contributed by atoms with van der Waals surface area (Å²) in [6.45, 7) is 0.724. The van der Waals surface area contributed by atoms with Crippen LogP contribution in [0.25, 0.3) is 0 Å². The molecule has 5 heteroatoms. The lowest BCUT2D eigenvalue weighted by Gasteiger charge is -2.06. The molecule has 0 aliphatic heterocycles. The SMILES string of the molecule is COc1ccc(CNn2cnnc2)cc1. The molecule has 0 aliphatic carbocycles. The first-order valence-corrected chi connectivity index (χ1v) is 4.60.